The van der Waals surface area contributed by atoms with Gasteiger partial charge < -0.3 is 0 Å². The van der Waals surface area contributed by atoms with Crippen LogP contribution in [0, 0.1) is 0 Å². The van der Waals surface area contributed by atoms with E-state index in [-0.39, 0.29) is 18.2 Å². The summed E-state index contributed by atoms with van der Waals surface area (Å²) in [5.74, 6) is -57.6. The number of alkyl halides is 17. The van der Waals surface area contributed by atoms with E-state index in [1.807, 2.05) is 0 Å². The molecule has 35 heavy (non-hydrogen) atoms. The molecule has 0 radical (unpaired) electrons. The van der Waals surface area contributed by atoms with Crippen LogP contribution in [-0.4, -0.2) is 50.1 Å². The van der Waals surface area contributed by atoms with Crippen molar-refractivity contribution in [3.63, 3.8) is 0 Å². The molecule has 3 nitrogen and oxygen atoms in total. The Kier molecular flexibility index (Phi) is 7.05. The first-order chi connectivity index (χ1) is 15.0. The molecule has 1 rings (SSSR count). The van der Waals surface area contributed by atoms with Gasteiger partial charge in [-0.05, 0) is 12.1 Å². The highest BCUT2D eigenvalue weighted by atomic mass is 32.2. The predicted molar refractivity (Wildman–Crippen MR) is 77.4 cm³/mol. The van der Waals surface area contributed by atoms with Gasteiger partial charge in [0, 0.05) is 5.56 Å². The molecule has 0 bridgehead atoms. The van der Waals surface area contributed by atoms with Crippen molar-refractivity contribution in [2.24, 2.45) is 5.14 Å². The van der Waals surface area contributed by atoms with Gasteiger partial charge in [-0.25, -0.2) is 13.6 Å². The van der Waals surface area contributed by atoms with Gasteiger partial charge in [0.2, 0.25) is 10.0 Å². The summed E-state index contributed by atoms with van der Waals surface area (Å²) in [7, 11) is -5.09. The Morgan fingerprint density at radius 2 is 0.886 bits per heavy atom. The molecular formula is C14H6F17NO2S. The third-order valence-corrected chi connectivity index (χ3v) is 5.16. The molecular weight excluding hydrogens is 569 g/mol. The molecule has 0 unspecified atom stereocenters. The molecule has 2 N–H and O–H groups in total. The Labute approximate surface area is 181 Å². The lowest BCUT2D eigenvalue weighted by Crippen LogP contribution is -2.74. The van der Waals surface area contributed by atoms with E-state index in [2.05, 4.69) is 5.14 Å². The second-order valence-electron chi connectivity index (χ2n) is 6.59. The van der Waals surface area contributed by atoms with Gasteiger partial charge in [-0.1, -0.05) is 12.1 Å². The Balaban J connectivity index is 3.79. The summed E-state index contributed by atoms with van der Waals surface area (Å²) in [6, 6.07) is -0.695. The van der Waals surface area contributed by atoms with Crippen molar-refractivity contribution >= 4 is 10.0 Å². The topological polar surface area (TPSA) is 60.2 Å². The first-order valence-electron chi connectivity index (χ1n) is 7.81. The van der Waals surface area contributed by atoms with E-state index >= 15 is 0 Å². The second-order valence-corrected chi connectivity index (χ2v) is 8.15. The van der Waals surface area contributed by atoms with Crippen molar-refractivity contribution in [1.82, 2.24) is 0 Å². The lowest BCUT2D eigenvalue weighted by molar-refractivity contribution is -0.462. The zero-order chi connectivity index (χ0) is 28.5. The van der Waals surface area contributed by atoms with Gasteiger partial charge in [0.25, 0.3) is 0 Å². The van der Waals surface area contributed by atoms with Crippen LogP contribution >= 0.6 is 0 Å². The minimum Gasteiger partial charge on any atom is -0.225 e. The van der Waals surface area contributed by atoms with E-state index in [4.69, 9.17) is 0 Å². The summed E-state index contributed by atoms with van der Waals surface area (Å²) < 4.78 is 247. The quantitative estimate of drug-likeness (QED) is 0.399. The van der Waals surface area contributed by atoms with E-state index < -0.39 is 74.2 Å². The maximum Gasteiger partial charge on any atom is 0.460 e. The van der Waals surface area contributed by atoms with Crippen LogP contribution in [0.15, 0.2) is 29.2 Å². The van der Waals surface area contributed by atoms with Crippen LogP contribution in [-0.2, 0) is 15.9 Å². The van der Waals surface area contributed by atoms with E-state index in [1.165, 1.54) is 0 Å². The first kappa shape index (κ1) is 31.0. The summed E-state index contributed by atoms with van der Waals surface area (Å²) in [6.07, 6.45) is -7.84. The van der Waals surface area contributed by atoms with Crippen LogP contribution in [0.3, 0.4) is 0 Å². The van der Waals surface area contributed by atoms with E-state index in [0.29, 0.717) is 0 Å². The predicted octanol–water partition coefficient (Wildman–Crippen LogP) is 5.80. The lowest BCUT2D eigenvalue weighted by Gasteiger charge is -2.42. The number of hydrogen-bond acceptors (Lipinski definition) is 2. The molecule has 0 aromatic heterocycles. The summed E-state index contributed by atoms with van der Waals surface area (Å²) in [6.45, 7) is 0. The SMILES string of the molecule is NS(=O)(=O)c1cccc(C(F)(F)C(F)(F)C(F)(F)C(F)(F)C(F)(F)C(F)(F)C(F)(F)C(F)(F)F)c1. The largest absolute Gasteiger partial charge is 0.460 e. The fraction of sp³-hybridized carbons (Fsp3) is 0.571. The van der Waals surface area contributed by atoms with Crippen molar-refractivity contribution in [1.29, 1.82) is 0 Å². The Morgan fingerprint density at radius 1 is 0.543 bits per heavy atom. The molecule has 1 aromatic carbocycles. The Hall–Kier alpha value is -2.06. The summed E-state index contributed by atoms with van der Waals surface area (Å²) in [4.78, 5) is -1.57. The fourth-order valence-corrected chi connectivity index (χ4v) is 2.77. The van der Waals surface area contributed by atoms with Crippen LogP contribution in [0.1, 0.15) is 5.56 Å². The van der Waals surface area contributed by atoms with E-state index in [1.54, 1.807) is 0 Å². The number of rotatable bonds is 8. The highest BCUT2D eigenvalue weighted by Crippen LogP contribution is 2.65. The van der Waals surface area contributed by atoms with Crippen LogP contribution in [0.4, 0.5) is 74.6 Å². The monoisotopic (exact) mass is 575 g/mol. The fourth-order valence-electron chi connectivity index (χ4n) is 2.21. The summed E-state index contributed by atoms with van der Waals surface area (Å²) >= 11 is 0. The Morgan fingerprint density at radius 3 is 1.23 bits per heavy atom. The Bertz CT molecular complexity index is 1060. The van der Waals surface area contributed by atoms with E-state index in [0.717, 1.165) is 0 Å². The van der Waals surface area contributed by atoms with Gasteiger partial charge in [-0.3, -0.25) is 0 Å². The zero-order valence-electron chi connectivity index (χ0n) is 15.5. The standard InChI is InChI=1S/C14H6F17NO2S/c15-7(16,5-2-1-3-6(4-5)35(32,33)34)8(17,18)9(19,20)10(21,22)11(23,24)12(25,26)13(27,28)14(29,30)31/h1-4H,(H2,32,33,34). The number of primary sulfonamides is 1. The highest BCUT2D eigenvalue weighted by molar-refractivity contribution is 7.89. The lowest BCUT2D eigenvalue weighted by atomic mass is 9.87. The van der Waals surface area contributed by atoms with Gasteiger partial charge >= 0.3 is 47.6 Å². The molecule has 0 aliphatic carbocycles. The molecule has 0 saturated heterocycles. The van der Waals surface area contributed by atoms with Crippen molar-refractivity contribution in [2.75, 3.05) is 0 Å². The molecule has 204 valence electrons. The molecule has 0 aliphatic heterocycles. The molecule has 0 saturated carbocycles. The molecule has 0 spiro atoms. The van der Waals surface area contributed by atoms with Gasteiger partial charge in [0.05, 0.1) is 4.90 Å². The van der Waals surface area contributed by atoms with Crippen molar-refractivity contribution in [2.45, 2.75) is 52.5 Å². The van der Waals surface area contributed by atoms with Gasteiger partial charge in [-0.15, -0.1) is 0 Å². The average Bonchev–Trinajstić information content (AvgIpc) is 2.65. The second kappa shape index (κ2) is 7.97. The molecule has 1 aromatic rings. The van der Waals surface area contributed by atoms with Crippen molar-refractivity contribution < 1.29 is 83.1 Å². The number of hydrogen-bond donors (Lipinski definition) is 1. The van der Waals surface area contributed by atoms with Gasteiger partial charge in [-0.2, -0.15) is 74.6 Å². The van der Waals surface area contributed by atoms with Crippen LogP contribution in [0.5, 0.6) is 0 Å². The van der Waals surface area contributed by atoms with Gasteiger partial charge in [0.1, 0.15) is 0 Å². The molecule has 0 fully saturated rings. The molecule has 0 atom stereocenters. The maximum atomic E-state index is 14.1. The van der Waals surface area contributed by atoms with E-state index in [9.17, 15) is 83.1 Å². The van der Waals surface area contributed by atoms with Crippen LogP contribution < -0.4 is 5.14 Å². The zero-order valence-corrected chi connectivity index (χ0v) is 16.4. The summed E-state index contributed by atoms with van der Waals surface area (Å²) in [5.41, 5.74) is -2.67. The number of benzene rings is 1. The average molecular weight is 575 g/mol. The van der Waals surface area contributed by atoms with Crippen LogP contribution in [0.25, 0.3) is 0 Å². The van der Waals surface area contributed by atoms with Crippen molar-refractivity contribution in [3.05, 3.63) is 29.8 Å². The number of nitrogens with two attached hydrogens (primary N) is 1. The van der Waals surface area contributed by atoms with Crippen LogP contribution in [0.2, 0.25) is 0 Å². The highest BCUT2D eigenvalue weighted by Gasteiger charge is 2.95. The number of halogens is 17. The third kappa shape index (κ3) is 4.16. The van der Waals surface area contributed by atoms with Gasteiger partial charge in [0.15, 0.2) is 0 Å². The smallest absolute Gasteiger partial charge is 0.225 e. The maximum absolute atomic E-state index is 14.1. The summed E-state index contributed by atoms with van der Waals surface area (Å²) in [5, 5.41) is 4.44. The normalized spacial score (nSPS) is 15.9. The minimum atomic E-state index is -8.75. The molecule has 21 heteroatoms. The molecule has 0 amide bonds. The van der Waals surface area contributed by atoms with Crippen molar-refractivity contribution in [3.8, 4) is 0 Å². The first-order valence-corrected chi connectivity index (χ1v) is 9.35. The number of sulfonamides is 1. The molecule has 0 heterocycles. The third-order valence-electron chi connectivity index (χ3n) is 4.25. The minimum absolute atomic E-state index is 0.0714. The molecule has 0 aliphatic rings.